The second kappa shape index (κ2) is 7.14. The van der Waals surface area contributed by atoms with E-state index >= 15 is 0 Å². The quantitative estimate of drug-likeness (QED) is 0.679. The lowest BCUT2D eigenvalue weighted by Crippen LogP contribution is -2.09. The SMILES string of the molecule is Cc1nc2c(s1)C(=Cc1cccc(NS(C)(=O)=O)c1)c1ccc(F)cc1CC2. The van der Waals surface area contributed by atoms with E-state index < -0.39 is 10.0 Å². The van der Waals surface area contributed by atoms with E-state index in [1.54, 1.807) is 35.6 Å². The lowest BCUT2D eigenvalue weighted by atomic mass is 9.97. The molecule has 1 heterocycles. The van der Waals surface area contributed by atoms with Crippen molar-refractivity contribution in [2.75, 3.05) is 11.0 Å². The molecule has 2 aromatic carbocycles. The molecule has 3 aromatic rings. The number of sulfonamides is 1. The van der Waals surface area contributed by atoms with E-state index in [2.05, 4.69) is 9.71 Å². The van der Waals surface area contributed by atoms with Gasteiger partial charge in [-0.3, -0.25) is 4.72 Å². The van der Waals surface area contributed by atoms with Crippen LogP contribution in [0, 0.1) is 12.7 Å². The van der Waals surface area contributed by atoms with Crippen LogP contribution in [0.3, 0.4) is 0 Å². The summed E-state index contributed by atoms with van der Waals surface area (Å²) in [5, 5.41) is 0.994. The summed E-state index contributed by atoms with van der Waals surface area (Å²) in [4.78, 5) is 5.75. The first-order valence-corrected chi connectivity index (χ1v) is 11.5. The molecule has 0 aliphatic heterocycles. The van der Waals surface area contributed by atoms with Gasteiger partial charge in [-0.25, -0.2) is 17.8 Å². The molecule has 1 aliphatic rings. The fraction of sp³-hybridized carbons (Fsp3) is 0.190. The van der Waals surface area contributed by atoms with Crippen molar-refractivity contribution in [1.82, 2.24) is 4.98 Å². The topological polar surface area (TPSA) is 59.1 Å². The Labute approximate surface area is 167 Å². The van der Waals surface area contributed by atoms with Crippen molar-refractivity contribution in [1.29, 1.82) is 0 Å². The molecule has 0 saturated heterocycles. The Kier molecular flexibility index (Phi) is 4.81. The number of aryl methyl sites for hydroxylation is 3. The number of hydrogen-bond acceptors (Lipinski definition) is 4. The molecular weight excluding hydrogens is 395 g/mol. The van der Waals surface area contributed by atoms with Gasteiger partial charge >= 0.3 is 0 Å². The Morgan fingerprint density at radius 1 is 1.18 bits per heavy atom. The van der Waals surface area contributed by atoms with Crippen LogP contribution in [0.1, 0.15) is 32.3 Å². The highest BCUT2D eigenvalue weighted by atomic mass is 32.2. The van der Waals surface area contributed by atoms with Gasteiger partial charge in [-0.05, 0) is 66.8 Å². The van der Waals surface area contributed by atoms with Crippen molar-refractivity contribution in [3.63, 3.8) is 0 Å². The number of nitrogens with one attached hydrogen (secondary N) is 1. The first kappa shape index (κ1) is 18.8. The third-order valence-electron chi connectivity index (χ3n) is 4.54. The van der Waals surface area contributed by atoms with Crippen LogP contribution in [0.15, 0.2) is 42.5 Å². The molecule has 0 amide bonds. The summed E-state index contributed by atoms with van der Waals surface area (Å²) in [7, 11) is -3.35. The molecule has 144 valence electrons. The highest BCUT2D eigenvalue weighted by Gasteiger charge is 2.22. The normalized spacial score (nSPS) is 15.0. The molecule has 1 aromatic heterocycles. The molecule has 7 heteroatoms. The van der Waals surface area contributed by atoms with Crippen LogP contribution in [0.4, 0.5) is 10.1 Å². The molecule has 28 heavy (non-hydrogen) atoms. The average molecular weight is 415 g/mol. The zero-order valence-electron chi connectivity index (χ0n) is 15.5. The van der Waals surface area contributed by atoms with E-state index in [1.807, 2.05) is 25.1 Å². The Hall–Kier alpha value is -2.51. The van der Waals surface area contributed by atoms with E-state index in [0.717, 1.165) is 56.9 Å². The lowest BCUT2D eigenvalue weighted by Gasteiger charge is -2.11. The van der Waals surface area contributed by atoms with Crippen molar-refractivity contribution >= 4 is 38.7 Å². The van der Waals surface area contributed by atoms with Crippen molar-refractivity contribution in [2.45, 2.75) is 19.8 Å². The van der Waals surface area contributed by atoms with Gasteiger partial charge in [0.25, 0.3) is 0 Å². The van der Waals surface area contributed by atoms with Crippen LogP contribution in [0.2, 0.25) is 0 Å². The van der Waals surface area contributed by atoms with Gasteiger partial charge in [-0.2, -0.15) is 0 Å². The number of benzene rings is 2. The van der Waals surface area contributed by atoms with E-state index in [-0.39, 0.29) is 5.82 Å². The number of aromatic nitrogens is 1. The molecule has 0 spiro atoms. The fourth-order valence-corrected chi connectivity index (χ4v) is 5.02. The molecule has 0 saturated carbocycles. The van der Waals surface area contributed by atoms with Gasteiger partial charge in [-0.15, -0.1) is 11.3 Å². The van der Waals surface area contributed by atoms with Crippen LogP contribution >= 0.6 is 11.3 Å². The Bertz CT molecular complexity index is 1200. The first-order chi connectivity index (χ1) is 13.3. The zero-order valence-corrected chi connectivity index (χ0v) is 17.1. The van der Waals surface area contributed by atoms with Crippen LogP contribution < -0.4 is 4.72 Å². The van der Waals surface area contributed by atoms with E-state index in [4.69, 9.17) is 0 Å². The van der Waals surface area contributed by atoms with Gasteiger partial charge in [-0.1, -0.05) is 18.2 Å². The minimum atomic E-state index is -3.35. The molecular formula is C21H19FN2O2S2. The Morgan fingerprint density at radius 2 is 2.00 bits per heavy atom. The van der Waals surface area contributed by atoms with Crippen molar-refractivity contribution in [3.8, 4) is 0 Å². The molecule has 4 rings (SSSR count). The zero-order chi connectivity index (χ0) is 19.9. The third kappa shape index (κ3) is 4.00. The van der Waals surface area contributed by atoms with Crippen LogP contribution in [0.25, 0.3) is 11.6 Å². The summed E-state index contributed by atoms with van der Waals surface area (Å²) in [6, 6.07) is 12.1. The molecule has 0 bridgehead atoms. The highest BCUT2D eigenvalue weighted by Crippen LogP contribution is 2.38. The number of rotatable bonds is 3. The molecule has 0 unspecified atom stereocenters. The molecule has 0 atom stereocenters. The van der Waals surface area contributed by atoms with Gasteiger partial charge in [0.2, 0.25) is 10.0 Å². The number of nitrogens with zero attached hydrogens (tertiary/aromatic N) is 1. The second-order valence-corrected chi connectivity index (χ2v) is 9.82. The summed E-state index contributed by atoms with van der Waals surface area (Å²) in [5.41, 5.74) is 5.33. The average Bonchev–Trinajstić information content (AvgIpc) is 2.92. The summed E-state index contributed by atoms with van der Waals surface area (Å²) in [5.74, 6) is -0.244. The summed E-state index contributed by atoms with van der Waals surface area (Å²) in [6.07, 6.45) is 4.64. The summed E-state index contributed by atoms with van der Waals surface area (Å²) in [6.45, 7) is 1.99. The summed E-state index contributed by atoms with van der Waals surface area (Å²) >= 11 is 1.63. The number of anilines is 1. The van der Waals surface area contributed by atoms with Gasteiger partial charge in [0.1, 0.15) is 5.82 Å². The van der Waals surface area contributed by atoms with Gasteiger partial charge in [0.05, 0.1) is 21.8 Å². The predicted molar refractivity (Wildman–Crippen MR) is 113 cm³/mol. The van der Waals surface area contributed by atoms with E-state index in [0.29, 0.717) is 5.69 Å². The number of fused-ring (bicyclic) bond motifs is 2. The monoisotopic (exact) mass is 414 g/mol. The van der Waals surface area contributed by atoms with E-state index in [1.165, 1.54) is 6.07 Å². The highest BCUT2D eigenvalue weighted by molar-refractivity contribution is 7.92. The molecule has 4 nitrogen and oxygen atoms in total. The predicted octanol–water partition coefficient (Wildman–Crippen LogP) is 4.65. The maximum Gasteiger partial charge on any atom is 0.229 e. The Morgan fingerprint density at radius 3 is 2.79 bits per heavy atom. The maximum absolute atomic E-state index is 13.8. The van der Waals surface area contributed by atoms with Crippen LogP contribution in [-0.2, 0) is 22.9 Å². The smallest absolute Gasteiger partial charge is 0.229 e. The Balaban J connectivity index is 1.87. The van der Waals surface area contributed by atoms with Gasteiger partial charge < -0.3 is 0 Å². The number of hydrogen-bond donors (Lipinski definition) is 1. The first-order valence-electron chi connectivity index (χ1n) is 8.83. The lowest BCUT2D eigenvalue weighted by molar-refractivity contribution is 0.607. The van der Waals surface area contributed by atoms with Crippen molar-refractivity contribution in [3.05, 3.63) is 80.6 Å². The van der Waals surface area contributed by atoms with Crippen molar-refractivity contribution in [2.24, 2.45) is 0 Å². The van der Waals surface area contributed by atoms with E-state index in [9.17, 15) is 12.8 Å². The molecule has 1 aliphatic carbocycles. The van der Waals surface area contributed by atoms with Crippen LogP contribution in [0.5, 0.6) is 0 Å². The van der Waals surface area contributed by atoms with Gasteiger partial charge in [0, 0.05) is 11.3 Å². The molecule has 0 radical (unpaired) electrons. The third-order valence-corrected chi connectivity index (χ3v) is 6.19. The minimum Gasteiger partial charge on any atom is -0.284 e. The van der Waals surface area contributed by atoms with Gasteiger partial charge in [0.15, 0.2) is 0 Å². The van der Waals surface area contributed by atoms with Crippen LogP contribution in [-0.4, -0.2) is 19.7 Å². The largest absolute Gasteiger partial charge is 0.284 e. The second-order valence-electron chi connectivity index (χ2n) is 6.87. The minimum absolute atomic E-state index is 0.244. The number of thiazole rings is 1. The number of halogens is 1. The standard InChI is InChI=1S/C21H19FN2O2S2/c1-13-23-20-9-6-15-12-16(22)7-8-18(15)19(21(20)27-13)11-14-4-3-5-17(10-14)24-28(2,25)26/h3-5,7-8,10-12,24H,6,9H2,1-2H3. The summed E-state index contributed by atoms with van der Waals surface area (Å²) < 4.78 is 39.4. The molecule has 1 N–H and O–H groups in total. The maximum atomic E-state index is 13.8. The molecule has 0 fully saturated rings. The fourth-order valence-electron chi connectivity index (χ4n) is 3.47. The van der Waals surface area contributed by atoms with Crippen molar-refractivity contribution < 1.29 is 12.8 Å².